The first-order chi connectivity index (χ1) is 7.74. The smallest absolute Gasteiger partial charge is 0.134 e. The van der Waals surface area contributed by atoms with Crippen LogP contribution in [0.1, 0.15) is 10.4 Å². The van der Waals surface area contributed by atoms with Crippen molar-refractivity contribution in [3.63, 3.8) is 0 Å². The lowest BCUT2D eigenvalue weighted by Crippen LogP contribution is -1.91. The average Bonchev–Trinajstić information content (AvgIpc) is 2.77. The number of nitrogens with two attached hydrogens (primary N) is 1. The molecule has 0 saturated heterocycles. The first kappa shape index (κ1) is 10.7. The number of thiazole rings is 1. The van der Waals surface area contributed by atoms with Crippen LogP contribution in [0.3, 0.4) is 0 Å². The number of hydrogen-bond donors (Lipinski definition) is 1. The Bertz CT molecular complexity index is 557. The number of hydrogen-bond acceptors (Lipinski definition) is 4. The lowest BCUT2D eigenvalue weighted by atomic mass is 10.1. The summed E-state index contributed by atoms with van der Waals surface area (Å²) in [6.07, 6.45) is 1.64. The van der Waals surface area contributed by atoms with Crippen LogP contribution in [0, 0.1) is 17.1 Å². The van der Waals surface area contributed by atoms with Crippen molar-refractivity contribution in [1.29, 1.82) is 5.26 Å². The van der Waals surface area contributed by atoms with Crippen LogP contribution in [0.2, 0.25) is 0 Å². The molecule has 3 nitrogen and oxygen atoms in total. The summed E-state index contributed by atoms with van der Waals surface area (Å²) in [7, 11) is 0. The number of halogens is 1. The predicted octanol–water partition coefficient (Wildman–Crippen LogP) is 2.28. The Hall–Kier alpha value is -1.77. The Morgan fingerprint density at radius 1 is 1.50 bits per heavy atom. The third-order valence-corrected chi connectivity index (χ3v) is 3.14. The largest absolute Gasteiger partial charge is 0.326 e. The molecule has 2 N–H and O–H groups in total. The molecule has 0 aliphatic carbocycles. The summed E-state index contributed by atoms with van der Waals surface area (Å²) < 4.78 is 13.6. The van der Waals surface area contributed by atoms with Crippen molar-refractivity contribution in [3.8, 4) is 16.6 Å². The van der Waals surface area contributed by atoms with E-state index < -0.39 is 5.82 Å². The molecule has 1 heterocycles. The van der Waals surface area contributed by atoms with Crippen LogP contribution >= 0.6 is 11.3 Å². The van der Waals surface area contributed by atoms with Crippen LogP contribution < -0.4 is 5.73 Å². The van der Waals surface area contributed by atoms with Crippen molar-refractivity contribution in [2.24, 2.45) is 5.73 Å². The van der Waals surface area contributed by atoms with Crippen molar-refractivity contribution >= 4 is 11.3 Å². The van der Waals surface area contributed by atoms with Gasteiger partial charge in [-0.2, -0.15) is 5.26 Å². The molecule has 2 rings (SSSR count). The Kier molecular flexibility index (Phi) is 2.95. The van der Waals surface area contributed by atoms with Gasteiger partial charge in [0.15, 0.2) is 0 Å². The molecule has 5 heteroatoms. The third-order valence-electron chi connectivity index (χ3n) is 2.08. The summed E-state index contributed by atoms with van der Waals surface area (Å²) in [6.45, 7) is 0.398. The van der Waals surface area contributed by atoms with E-state index in [-0.39, 0.29) is 0 Å². The molecule has 0 saturated carbocycles. The average molecular weight is 233 g/mol. The summed E-state index contributed by atoms with van der Waals surface area (Å²) in [5.74, 6) is -0.433. The number of nitriles is 1. The first-order valence-electron chi connectivity index (χ1n) is 4.59. The molecule has 0 fully saturated rings. The van der Waals surface area contributed by atoms with Gasteiger partial charge in [-0.1, -0.05) is 0 Å². The zero-order valence-electron chi connectivity index (χ0n) is 8.27. The topological polar surface area (TPSA) is 62.7 Å². The highest BCUT2D eigenvalue weighted by atomic mass is 32.1. The Labute approximate surface area is 96.0 Å². The van der Waals surface area contributed by atoms with Gasteiger partial charge in [-0.3, -0.25) is 0 Å². The van der Waals surface area contributed by atoms with Crippen LogP contribution in [0.5, 0.6) is 0 Å². The zero-order valence-corrected chi connectivity index (χ0v) is 9.09. The molecule has 0 atom stereocenters. The van der Waals surface area contributed by atoms with Gasteiger partial charge in [0.2, 0.25) is 0 Å². The molecule has 0 spiro atoms. The van der Waals surface area contributed by atoms with Crippen LogP contribution in [0.4, 0.5) is 4.39 Å². The second-order valence-corrected chi connectivity index (χ2v) is 4.26. The number of aromatic nitrogens is 1. The molecule has 0 amide bonds. The number of nitrogens with zero attached hydrogens (tertiary/aromatic N) is 2. The minimum absolute atomic E-state index is 0.303. The molecular formula is C11H8FN3S. The van der Waals surface area contributed by atoms with Crippen LogP contribution in [-0.4, -0.2) is 4.98 Å². The second-order valence-electron chi connectivity index (χ2n) is 3.14. The van der Waals surface area contributed by atoms with E-state index in [2.05, 4.69) is 4.98 Å². The number of rotatable bonds is 2. The summed E-state index contributed by atoms with van der Waals surface area (Å²) in [5.41, 5.74) is 6.17. The lowest BCUT2D eigenvalue weighted by molar-refractivity contribution is 0.630. The molecule has 0 unspecified atom stereocenters. The minimum atomic E-state index is -0.433. The SMILES string of the molecule is N#Cc1ccc(-c2ncc(CN)s2)c(F)c1. The third kappa shape index (κ3) is 1.94. The monoisotopic (exact) mass is 233 g/mol. The quantitative estimate of drug-likeness (QED) is 0.865. The molecule has 0 bridgehead atoms. The molecule has 0 aliphatic rings. The van der Waals surface area contributed by atoms with Gasteiger partial charge in [0.25, 0.3) is 0 Å². The highest BCUT2D eigenvalue weighted by Gasteiger charge is 2.09. The fourth-order valence-electron chi connectivity index (χ4n) is 1.28. The minimum Gasteiger partial charge on any atom is -0.326 e. The fraction of sp³-hybridized carbons (Fsp3) is 0.0909. The van der Waals surface area contributed by atoms with Crippen molar-refractivity contribution in [1.82, 2.24) is 4.98 Å². The van der Waals surface area contributed by atoms with E-state index in [1.165, 1.54) is 17.4 Å². The van der Waals surface area contributed by atoms with Crippen LogP contribution in [0.15, 0.2) is 24.4 Å². The normalized spacial score (nSPS) is 10.1. The van der Waals surface area contributed by atoms with E-state index >= 15 is 0 Å². The molecule has 2 aromatic rings. The molecule has 80 valence electrons. The van der Waals surface area contributed by atoms with Gasteiger partial charge in [-0.05, 0) is 18.2 Å². The summed E-state index contributed by atoms with van der Waals surface area (Å²) in [6, 6.07) is 6.23. The highest BCUT2D eigenvalue weighted by molar-refractivity contribution is 7.15. The first-order valence-corrected chi connectivity index (χ1v) is 5.41. The molecule has 1 aromatic heterocycles. The van der Waals surface area contributed by atoms with Gasteiger partial charge in [0, 0.05) is 23.2 Å². The molecule has 1 aromatic carbocycles. The number of benzene rings is 1. The van der Waals surface area contributed by atoms with Gasteiger partial charge < -0.3 is 5.73 Å². The highest BCUT2D eigenvalue weighted by Crippen LogP contribution is 2.27. The zero-order chi connectivity index (χ0) is 11.5. The summed E-state index contributed by atoms with van der Waals surface area (Å²) in [4.78, 5) is 4.99. The van der Waals surface area contributed by atoms with E-state index in [4.69, 9.17) is 11.0 Å². The predicted molar refractivity (Wildman–Crippen MR) is 60.1 cm³/mol. The van der Waals surface area contributed by atoms with Crippen molar-refractivity contribution in [2.75, 3.05) is 0 Å². The lowest BCUT2D eigenvalue weighted by Gasteiger charge is -1.98. The summed E-state index contributed by atoms with van der Waals surface area (Å²) in [5, 5.41) is 9.21. The van der Waals surface area contributed by atoms with Gasteiger partial charge >= 0.3 is 0 Å². The van der Waals surface area contributed by atoms with E-state index in [0.717, 1.165) is 4.88 Å². The van der Waals surface area contributed by atoms with E-state index in [0.29, 0.717) is 22.7 Å². The van der Waals surface area contributed by atoms with Crippen LogP contribution in [-0.2, 0) is 6.54 Å². The van der Waals surface area contributed by atoms with Crippen molar-refractivity contribution in [3.05, 3.63) is 40.7 Å². The van der Waals surface area contributed by atoms with Crippen molar-refractivity contribution < 1.29 is 4.39 Å². The Morgan fingerprint density at radius 2 is 2.31 bits per heavy atom. The van der Waals surface area contributed by atoms with Gasteiger partial charge in [0.05, 0.1) is 11.6 Å². The molecule has 0 radical (unpaired) electrons. The van der Waals surface area contributed by atoms with Gasteiger partial charge in [-0.25, -0.2) is 9.37 Å². The Balaban J connectivity index is 2.45. The van der Waals surface area contributed by atoms with E-state index in [9.17, 15) is 4.39 Å². The maximum absolute atomic E-state index is 13.6. The molecular weight excluding hydrogens is 225 g/mol. The molecule has 16 heavy (non-hydrogen) atoms. The molecule has 0 aliphatic heterocycles. The maximum atomic E-state index is 13.6. The van der Waals surface area contributed by atoms with Gasteiger partial charge in [-0.15, -0.1) is 11.3 Å². The fourth-order valence-corrected chi connectivity index (χ4v) is 2.10. The van der Waals surface area contributed by atoms with E-state index in [1.54, 1.807) is 18.3 Å². The van der Waals surface area contributed by atoms with Crippen LogP contribution in [0.25, 0.3) is 10.6 Å². The second kappa shape index (κ2) is 4.39. The Morgan fingerprint density at radius 3 is 2.88 bits per heavy atom. The summed E-state index contributed by atoms with van der Waals surface area (Å²) >= 11 is 1.35. The van der Waals surface area contributed by atoms with Gasteiger partial charge in [0.1, 0.15) is 10.8 Å². The van der Waals surface area contributed by atoms with E-state index in [1.807, 2.05) is 6.07 Å². The maximum Gasteiger partial charge on any atom is 0.134 e. The standard InChI is InChI=1S/C11H8FN3S/c12-10-3-7(4-13)1-2-9(10)11-15-6-8(5-14)16-11/h1-3,6H,5,14H2. The van der Waals surface area contributed by atoms with Crippen molar-refractivity contribution in [2.45, 2.75) is 6.54 Å².